The number of nitrogens with one attached hydrogen (secondary N) is 1. The number of aryl methyl sites for hydroxylation is 1. The molecule has 0 saturated heterocycles. The third-order valence-corrected chi connectivity index (χ3v) is 9.93. The second kappa shape index (κ2) is 16.0. The van der Waals surface area contributed by atoms with E-state index < -0.39 is 49.9 Å². The van der Waals surface area contributed by atoms with Gasteiger partial charge in [0.25, 0.3) is 15.7 Å². The van der Waals surface area contributed by atoms with Crippen molar-refractivity contribution in [1.82, 2.24) is 10.2 Å². The van der Waals surface area contributed by atoms with Gasteiger partial charge < -0.3 is 15.0 Å². The topological polar surface area (TPSA) is 139 Å². The molecule has 252 valence electrons. The van der Waals surface area contributed by atoms with Gasteiger partial charge in [0, 0.05) is 41.2 Å². The standard InChI is InChI=1S/C34H34Cl2N4O7S/c1-4-37-34(42)31(18-24-10-6-5-7-11-24)38(21-25-12-8-9-13-28(25)36)33(41)22-39(30-19-26(35)15-17-32(30)47-3)48(45,46)27-16-14-23(2)29(20-27)40(43)44/h5-17,19-20,31H,4,18,21-22H2,1-3H3,(H,37,42)/t31-/m0/s1. The molecule has 0 saturated carbocycles. The Morgan fingerprint density at radius 1 is 0.979 bits per heavy atom. The van der Waals surface area contributed by atoms with Crippen molar-refractivity contribution in [1.29, 1.82) is 0 Å². The summed E-state index contributed by atoms with van der Waals surface area (Å²) in [5.41, 5.74) is 1.03. The Labute approximate surface area is 289 Å². The second-order valence-corrected chi connectivity index (χ2v) is 13.5. The molecule has 14 heteroatoms. The molecule has 0 heterocycles. The Balaban J connectivity index is 1.89. The predicted molar refractivity (Wildman–Crippen MR) is 185 cm³/mol. The third kappa shape index (κ3) is 8.43. The first kappa shape index (κ1) is 36.2. The van der Waals surface area contributed by atoms with E-state index in [1.807, 2.05) is 30.3 Å². The van der Waals surface area contributed by atoms with Crippen LogP contribution in [-0.2, 0) is 32.6 Å². The van der Waals surface area contributed by atoms with Gasteiger partial charge in [-0.2, -0.15) is 0 Å². The molecule has 0 aliphatic heterocycles. The van der Waals surface area contributed by atoms with Gasteiger partial charge in [-0.15, -0.1) is 0 Å². The summed E-state index contributed by atoms with van der Waals surface area (Å²) in [6.07, 6.45) is 0.111. The number of amides is 2. The van der Waals surface area contributed by atoms with Gasteiger partial charge in [-0.1, -0.05) is 77.8 Å². The van der Waals surface area contributed by atoms with Gasteiger partial charge in [0.05, 0.1) is 22.6 Å². The maximum absolute atomic E-state index is 14.6. The number of carbonyl (C=O) groups excluding carboxylic acids is 2. The molecule has 4 aromatic rings. The summed E-state index contributed by atoms with van der Waals surface area (Å²) in [6, 6.07) is 22.6. The molecular formula is C34H34Cl2N4O7S. The number of ether oxygens (including phenoxy) is 1. The number of nitro benzene ring substituents is 1. The molecule has 48 heavy (non-hydrogen) atoms. The maximum atomic E-state index is 14.6. The van der Waals surface area contributed by atoms with Gasteiger partial charge in [-0.3, -0.25) is 24.0 Å². The first-order valence-corrected chi connectivity index (χ1v) is 17.0. The number of nitrogens with zero attached hydrogens (tertiary/aromatic N) is 3. The number of sulfonamides is 1. The van der Waals surface area contributed by atoms with Gasteiger partial charge in [0.1, 0.15) is 18.3 Å². The number of methoxy groups -OCH3 is 1. The highest BCUT2D eigenvalue weighted by Gasteiger charge is 2.36. The molecule has 0 spiro atoms. The van der Waals surface area contributed by atoms with Crippen molar-refractivity contribution in [2.24, 2.45) is 0 Å². The number of rotatable bonds is 14. The minimum absolute atomic E-state index is 0.0691. The van der Waals surface area contributed by atoms with Crippen LogP contribution in [-0.4, -0.2) is 56.3 Å². The van der Waals surface area contributed by atoms with E-state index >= 15 is 0 Å². The van der Waals surface area contributed by atoms with E-state index in [-0.39, 0.29) is 41.5 Å². The molecule has 2 amide bonds. The van der Waals surface area contributed by atoms with Crippen molar-refractivity contribution in [3.05, 3.63) is 128 Å². The third-order valence-electron chi connectivity index (χ3n) is 7.57. The second-order valence-electron chi connectivity index (χ2n) is 10.7. The van der Waals surface area contributed by atoms with Crippen LogP contribution in [0.4, 0.5) is 11.4 Å². The van der Waals surface area contributed by atoms with Crippen molar-refractivity contribution in [2.45, 2.75) is 37.8 Å². The molecule has 1 atom stereocenters. The molecule has 0 radical (unpaired) electrons. The Bertz CT molecular complexity index is 1910. The molecule has 0 fully saturated rings. The Morgan fingerprint density at radius 2 is 1.67 bits per heavy atom. The minimum atomic E-state index is -4.68. The van der Waals surface area contributed by atoms with Crippen molar-refractivity contribution in [3.63, 3.8) is 0 Å². The molecule has 4 aromatic carbocycles. The lowest BCUT2D eigenvalue weighted by Gasteiger charge is -2.34. The van der Waals surface area contributed by atoms with E-state index in [9.17, 15) is 28.1 Å². The lowest BCUT2D eigenvalue weighted by Crippen LogP contribution is -2.53. The van der Waals surface area contributed by atoms with Crippen molar-refractivity contribution in [2.75, 3.05) is 24.5 Å². The summed E-state index contributed by atoms with van der Waals surface area (Å²) in [4.78, 5) is 40.2. The molecule has 4 rings (SSSR count). The fraction of sp³-hybridized carbons (Fsp3) is 0.235. The first-order valence-electron chi connectivity index (χ1n) is 14.8. The van der Waals surface area contributed by atoms with Crippen LogP contribution in [0.15, 0.2) is 95.9 Å². The Kier molecular flexibility index (Phi) is 12.0. The van der Waals surface area contributed by atoms with Crippen LogP contribution in [0, 0.1) is 17.0 Å². The molecule has 0 aliphatic carbocycles. The van der Waals surface area contributed by atoms with E-state index in [2.05, 4.69) is 5.32 Å². The van der Waals surface area contributed by atoms with E-state index in [0.717, 1.165) is 15.9 Å². The first-order chi connectivity index (χ1) is 22.9. The van der Waals surface area contributed by atoms with Gasteiger partial charge in [0.2, 0.25) is 11.8 Å². The van der Waals surface area contributed by atoms with E-state index in [4.69, 9.17) is 27.9 Å². The van der Waals surface area contributed by atoms with Crippen LogP contribution in [0.5, 0.6) is 5.75 Å². The Hall–Kier alpha value is -4.65. The van der Waals surface area contributed by atoms with Crippen LogP contribution in [0.3, 0.4) is 0 Å². The number of likely N-dealkylation sites (N-methyl/N-ethyl adjacent to an activating group) is 1. The molecule has 0 aliphatic rings. The normalized spacial score (nSPS) is 11.8. The van der Waals surface area contributed by atoms with E-state index in [1.54, 1.807) is 31.2 Å². The molecule has 0 unspecified atom stereocenters. The number of carbonyl (C=O) groups is 2. The number of hydrogen-bond donors (Lipinski definition) is 1. The Morgan fingerprint density at radius 3 is 2.31 bits per heavy atom. The molecule has 1 N–H and O–H groups in total. The zero-order valence-corrected chi connectivity index (χ0v) is 28.8. The summed E-state index contributed by atoms with van der Waals surface area (Å²) >= 11 is 12.8. The number of benzene rings is 4. The molecule has 0 aromatic heterocycles. The van der Waals surface area contributed by atoms with Crippen LogP contribution in [0.2, 0.25) is 10.0 Å². The largest absolute Gasteiger partial charge is 0.495 e. The number of hydrogen-bond acceptors (Lipinski definition) is 7. The smallest absolute Gasteiger partial charge is 0.273 e. The van der Waals surface area contributed by atoms with Gasteiger partial charge >= 0.3 is 0 Å². The van der Waals surface area contributed by atoms with Gasteiger partial charge in [0.15, 0.2) is 0 Å². The van der Waals surface area contributed by atoms with Crippen molar-refractivity contribution < 1.29 is 27.7 Å². The zero-order chi connectivity index (χ0) is 35.0. The summed E-state index contributed by atoms with van der Waals surface area (Å²) < 4.78 is 35.0. The average molecular weight is 714 g/mol. The van der Waals surface area contributed by atoms with Crippen LogP contribution in [0.1, 0.15) is 23.6 Å². The predicted octanol–water partition coefficient (Wildman–Crippen LogP) is 6.19. The average Bonchev–Trinajstić information content (AvgIpc) is 3.06. The number of halogens is 2. The number of nitro groups is 1. The summed E-state index contributed by atoms with van der Waals surface area (Å²) in [5, 5.41) is 15.0. The van der Waals surface area contributed by atoms with Crippen molar-refractivity contribution in [3.8, 4) is 5.75 Å². The highest BCUT2D eigenvalue weighted by atomic mass is 35.5. The SMILES string of the molecule is CCNC(=O)[C@H](Cc1ccccc1)N(Cc1ccccc1Cl)C(=O)CN(c1cc(Cl)ccc1OC)S(=O)(=O)c1ccc(C)c([N+](=O)[O-])c1. The van der Waals surface area contributed by atoms with Crippen molar-refractivity contribution >= 4 is 56.4 Å². The summed E-state index contributed by atoms with van der Waals surface area (Å²) in [5.74, 6) is -1.14. The van der Waals surface area contributed by atoms with Crippen LogP contribution in [0.25, 0.3) is 0 Å². The number of anilines is 1. The highest BCUT2D eigenvalue weighted by Crippen LogP contribution is 2.36. The van der Waals surface area contributed by atoms with Gasteiger partial charge in [-0.25, -0.2) is 8.42 Å². The fourth-order valence-corrected chi connectivity index (χ4v) is 6.90. The van der Waals surface area contributed by atoms with Gasteiger partial charge in [-0.05, 0) is 55.3 Å². The van der Waals surface area contributed by atoms with E-state index in [1.165, 1.54) is 49.3 Å². The lowest BCUT2D eigenvalue weighted by atomic mass is 10.0. The van der Waals surface area contributed by atoms with Crippen LogP contribution >= 0.6 is 23.2 Å². The molecule has 11 nitrogen and oxygen atoms in total. The fourth-order valence-electron chi connectivity index (χ4n) is 5.10. The quantitative estimate of drug-likeness (QED) is 0.122. The van der Waals surface area contributed by atoms with Crippen LogP contribution < -0.4 is 14.4 Å². The monoisotopic (exact) mass is 712 g/mol. The zero-order valence-electron chi connectivity index (χ0n) is 26.4. The van der Waals surface area contributed by atoms with E-state index in [0.29, 0.717) is 10.6 Å². The molecule has 0 bridgehead atoms. The highest BCUT2D eigenvalue weighted by molar-refractivity contribution is 7.92. The lowest BCUT2D eigenvalue weighted by molar-refractivity contribution is -0.385. The summed E-state index contributed by atoms with van der Waals surface area (Å²) in [7, 11) is -3.36. The summed E-state index contributed by atoms with van der Waals surface area (Å²) in [6.45, 7) is 2.55. The maximum Gasteiger partial charge on any atom is 0.273 e. The molecular weight excluding hydrogens is 679 g/mol. The minimum Gasteiger partial charge on any atom is -0.495 e.